The lowest BCUT2D eigenvalue weighted by Crippen LogP contribution is -2.05. The van der Waals surface area contributed by atoms with E-state index in [-0.39, 0.29) is 11.3 Å². The van der Waals surface area contributed by atoms with Gasteiger partial charge in [-0.1, -0.05) is 12.1 Å². The van der Waals surface area contributed by atoms with Crippen LogP contribution in [0.1, 0.15) is 17.3 Å². The summed E-state index contributed by atoms with van der Waals surface area (Å²) < 4.78 is 0. The van der Waals surface area contributed by atoms with Gasteiger partial charge in [-0.25, -0.2) is 0 Å². The van der Waals surface area contributed by atoms with E-state index in [0.29, 0.717) is 11.1 Å². The van der Waals surface area contributed by atoms with E-state index < -0.39 is 0 Å². The third kappa shape index (κ3) is 1.33. The molecule has 2 rings (SSSR count). The molecule has 0 aliphatic carbocycles. The van der Waals surface area contributed by atoms with Crippen molar-refractivity contribution in [3.63, 3.8) is 0 Å². The van der Waals surface area contributed by atoms with Crippen LogP contribution in [0.15, 0.2) is 35.1 Å². The number of Topliss-reactive ketones (excluding diaryl/α,β-unsaturated/α-hetero) is 1. The molecule has 0 fully saturated rings. The first kappa shape index (κ1) is 8.69. The summed E-state index contributed by atoms with van der Waals surface area (Å²) in [6.45, 7) is 1.49. The van der Waals surface area contributed by atoms with E-state index in [0.717, 1.165) is 5.39 Å². The van der Waals surface area contributed by atoms with Gasteiger partial charge in [0.15, 0.2) is 5.78 Å². The number of nitrogens with one attached hydrogen (secondary N) is 1. The third-order valence-electron chi connectivity index (χ3n) is 2.14. The molecule has 70 valence electrons. The molecule has 0 bridgehead atoms. The van der Waals surface area contributed by atoms with Crippen LogP contribution in [-0.4, -0.2) is 10.8 Å². The van der Waals surface area contributed by atoms with Gasteiger partial charge in [0.25, 0.3) is 0 Å². The van der Waals surface area contributed by atoms with Gasteiger partial charge in [0.1, 0.15) is 0 Å². The minimum absolute atomic E-state index is 0.0440. The maximum Gasteiger partial charge on any atom is 0.248 e. The van der Waals surface area contributed by atoms with Crippen LogP contribution in [0.3, 0.4) is 0 Å². The quantitative estimate of drug-likeness (QED) is 0.691. The van der Waals surface area contributed by atoms with E-state index in [4.69, 9.17) is 0 Å². The summed E-state index contributed by atoms with van der Waals surface area (Å²) in [5.41, 5.74) is 0.985. The highest BCUT2D eigenvalue weighted by molar-refractivity contribution is 6.05. The van der Waals surface area contributed by atoms with Crippen molar-refractivity contribution < 1.29 is 4.79 Å². The van der Waals surface area contributed by atoms with Crippen LogP contribution in [0, 0.1) is 0 Å². The summed E-state index contributed by atoms with van der Waals surface area (Å²) in [6.07, 6.45) is 0. The molecule has 0 radical (unpaired) electrons. The SMILES string of the molecule is CC(=O)c1cccc2ccc(=O)[nH]c12. The Morgan fingerprint density at radius 1 is 1.21 bits per heavy atom. The Morgan fingerprint density at radius 2 is 2.00 bits per heavy atom. The van der Waals surface area contributed by atoms with Crippen molar-refractivity contribution in [3.8, 4) is 0 Å². The van der Waals surface area contributed by atoms with Gasteiger partial charge in [-0.15, -0.1) is 0 Å². The molecule has 2 aromatic rings. The largest absolute Gasteiger partial charge is 0.321 e. The Labute approximate surface area is 80.4 Å². The standard InChI is InChI=1S/C11H9NO2/c1-7(13)9-4-2-3-8-5-6-10(14)12-11(8)9/h2-6H,1H3,(H,12,14). The second-order valence-corrected chi connectivity index (χ2v) is 3.15. The van der Waals surface area contributed by atoms with Gasteiger partial charge >= 0.3 is 0 Å². The molecule has 0 saturated carbocycles. The normalized spacial score (nSPS) is 10.4. The van der Waals surface area contributed by atoms with Gasteiger partial charge < -0.3 is 4.98 Å². The fraction of sp³-hybridized carbons (Fsp3) is 0.0909. The predicted octanol–water partition coefficient (Wildman–Crippen LogP) is 1.73. The number of para-hydroxylation sites is 1. The van der Waals surface area contributed by atoms with Gasteiger partial charge in [0.05, 0.1) is 5.52 Å². The summed E-state index contributed by atoms with van der Waals surface area (Å²) in [5, 5.41) is 0.873. The molecule has 3 heteroatoms. The van der Waals surface area contributed by atoms with E-state index in [9.17, 15) is 9.59 Å². The van der Waals surface area contributed by atoms with Crippen molar-refractivity contribution in [2.75, 3.05) is 0 Å². The maximum atomic E-state index is 11.2. The van der Waals surface area contributed by atoms with Gasteiger partial charge in [-0.3, -0.25) is 9.59 Å². The zero-order chi connectivity index (χ0) is 10.1. The predicted molar refractivity (Wildman–Crippen MR) is 54.6 cm³/mol. The van der Waals surface area contributed by atoms with E-state index in [2.05, 4.69) is 4.98 Å². The molecular weight excluding hydrogens is 178 g/mol. The zero-order valence-electron chi connectivity index (χ0n) is 7.70. The molecule has 0 unspecified atom stereocenters. The minimum Gasteiger partial charge on any atom is -0.321 e. The van der Waals surface area contributed by atoms with E-state index in [1.54, 1.807) is 18.2 Å². The van der Waals surface area contributed by atoms with Gasteiger partial charge in [-0.05, 0) is 24.4 Å². The maximum absolute atomic E-state index is 11.2. The van der Waals surface area contributed by atoms with Gasteiger partial charge in [0.2, 0.25) is 5.56 Å². The van der Waals surface area contributed by atoms with Crippen LogP contribution in [0.25, 0.3) is 10.9 Å². The molecule has 1 heterocycles. The topological polar surface area (TPSA) is 49.9 Å². The molecule has 0 saturated heterocycles. The summed E-state index contributed by atoms with van der Waals surface area (Å²) >= 11 is 0. The second-order valence-electron chi connectivity index (χ2n) is 3.15. The second kappa shape index (κ2) is 3.10. The number of hydrogen-bond donors (Lipinski definition) is 1. The number of rotatable bonds is 1. The van der Waals surface area contributed by atoms with Crippen molar-refractivity contribution in [1.82, 2.24) is 4.98 Å². The van der Waals surface area contributed by atoms with Crippen LogP contribution >= 0.6 is 0 Å². The molecular formula is C11H9NO2. The minimum atomic E-state index is -0.189. The number of carbonyl (C=O) groups excluding carboxylic acids is 1. The average molecular weight is 187 g/mol. The van der Waals surface area contributed by atoms with Crippen molar-refractivity contribution in [1.29, 1.82) is 0 Å². The number of hydrogen-bond acceptors (Lipinski definition) is 2. The summed E-state index contributed by atoms with van der Waals surface area (Å²) in [5.74, 6) is -0.0440. The van der Waals surface area contributed by atoms with Crippen LogP contribution in [-0.2, 0) is 0 Å². The van der Waals surface area contributed by atoms with E-state index in [1.165, 1.54) is 13.0 Å². The fourth-order valence-corrected chi connectivity index (χ4v) is 1.47. The van der Waals surface area contributed by atoms with Crippen LogP contribution < -0.4 is 5.56 Å². The van der Waals surface area contributed by atoms with Crippen LogP contribution in [0.5, 0.6) is 0 Å². The average Bonchev–Trinajstić information content (AvgIpc) is 2.16. The number of aromatic amines is 1. The lowest BCUT2D eigenvalue weighted by atomic mass is 10.1. The monoisotopic (exact) mass is 187 g/mol. The molecule has 1 aromatic carbocycles. The molecule has 0 amide bonds. The van der Waals surface area contributed by atoms with Gasteiger partial charge in [0, 0.05) is 11.6 Å². The lowest BCUT2D eigenvalue weighted by molar-refractivity contribution is 0.101. The van der Waals surface area contributed by atoms with E-state index >= 15 is 0 Å². The highest BCUT2D eigenvalue weighted by atomic mass is 16.1. The number of benzene rings is 1. The Kier molecular flexibility index (Phi) is 1.93. The first-order chi connectivity index (χ1) is 6.68. The van der Waals surface area contributed by atoms with Crippen LogP contribution in [0.4, 0.5) is 0 Å². The lowest BCUT2D eigenvalue weighted by Gasteiger charge is -2.01. The number of carbonyl (C=O) groups is 1. The first-order valence-electron chi connectivity index (χ1n) is 4.31. The number of ketones is 1. The Morgan fingerprint density at radius 3 is 2.71 bits per heavy atom. The molecule has 0 aliphatic rings. The fourth-order valence-electron chi connectivity index (χ4n) is 1.47. The van der Waals surface area contributed by atoms with Crippen molar-refractivity contribution in [3.05, 3.63) is 46.2 Å². The number of H-pyrrole nitrogens is 1. The van der Waals surface area contributed by atoms with Crippen molar-refractivity contribution >= 4 is 16.7 Å². The molecule has 14 heavy (non-hydrogen) atoms. The smallest absolute Gasteiger partial charge is 0.248 e. The Balaban J connectivity index is 2.91. The summed E-state index contributed by atoms with van der Waals surface area (Å²) in [7, 11) is 0. The van der Waals surface area contributed by atoms with E-state index in [1.807, 2.05) is 6.07 Å². The highest BCUT2D eigenvalue weighted by Gasteiger charge is 2.04. The number of pyridine rings is 1. The molecule has 1 N–H and O–H groups in total. The van der Waals surface area contributed by atoms with Crippen molar-refractivity contribution in [2.45, 2.75) is 6.92 Å². The van der Waals surface area contributed by atoms with Crippen LogP contribution in [0.2, 0.25) is 0 Å². The highest BCUT2D eigenvalue weighted by Crippen LogP contribution is 2.14. The number of aromatic nitrogens is 1. The molecule has 0 spiro atoms. The molecule has 3 nitrogen and oxygen atoms in total. The summed E-state index contributed by atoms with van der Waals surface area (Å²) in [6, 6.07) is 8.53. The summed E-state index contributed by atoms with van der Waals surface area (Å²) in [4.78, 5) is 25.0. The van der Waals surface area contributed by atoms with Crippen molar-refractivity contribution in [2.24, 2.45) is 0 Å². The molecule has 1 aromatic heterocycles. The Hall–Kier alpha value is -1.90. The third-order valence-corrected chi connectivity index (χ3v) is 2.14. The number of fused-ring (bicyclic) bond motifs is 1. The first-order valence-corrected chi connectivity index (χ1v) is 4.31. The molecule has 0 atom stereocenters. The Bertz CT molecular complexity index is 554. The molecule has 0 aliphatic heterocycles. The van der Waals surface area contributed by atoms with Gasteiger partial charge in [-0.2, -0.15) is 0 Å². The zero-order valence-corrected chi connectivity index (χ0v) is 7.70.